The molecule has 19 heavy (non-hydrogen) atoms. The number of hydrogen-bond donors (Lipinski definition) is 1. The highest BCUT2D eigenvalue weighted by molar-refractivity contribution is 5.43. The fourth-order valence-corrected chi connectivity index (χ4v) is 2.22. The van der Waals surface area contributed by atoms with Gasteiger partial charge in [-0.1, -0.05) is 19.9 Å². The molecule has 0 aromatic heterocycles. The summed E-state index contributed by atoms with van der Waals surface area (Å²) in [7, 11) is 1.69. The van der Waals surface area contributed by atoms with Gasteiger partial charge in [-0.2, -0.15) is 0 Å². The first-order valence-electron chi connectivity index (χ1n) is 7.17. The Bertz CT molecular complexity index is 379. The van der Waals surface area contributed by atoms with E-state index in [1.54, 1.807) is 7.11 Å². The summed E-state index contributed by atoms with van der Waals surface area (Å²) in [6.07, 6.45) is 2.14. The highest BCUT2D eigenvalue weighted by Crippen LogP contribution is 2.29. The van der Waals surface area contributed by atoms with Crippen molar-refractivity contribution in [1.29, 1.82) is 0 Å². The summed E-state index contributed by atoms with van der Waals surface area (Å²) in [5.74, 6) is 1.65. The molecule has 3 heteroatoms. The van der Waals surface area contributed by atoms with Gasteiger partial charge >= 0.3 is 0 Å². The van der Waals surface area contributed by atoms with Gasteiger partial charge in [0.15, 0.2) is 11.5 Å². The fraction of sp³-hybridized carbons (Fsp3) is 0.625. The summed E-state index contributed by atoms with van der Waals surface area (Å²) < 4.78 is 11.4. The second-order valence-electron chi connectivity index (χ2n) is 4.96. The number of hydrogen-bond acceptors (Lipinski definition) is 3. The van der Waals surface area contributed by atoms with Crippen LogP contribution in [0.4, 0.5) is 0 Å². The second-order valence-corrected chi connectivity index (χ2v) is 4.96. The van der Waals surface area contributed by atoms with Gasteiger partial charge in [0.2, 0.25) is 0 Å². The lowest BCUT2D eigenvalue weighted by atomic mass is 10.1. The van der Waals surface area contributed by atoms with Crippen molar-refractivity contribution in [1.82, 2.24) is 5.32 Å². The lowest BCUT2D eigenvalue weighted by molar-refractivity contribution is 0.188. The summed E-state index contributed by atoms with van der Waals surface area (Å²) in [4.78, 5) is 0. The molecule has 0 spiro atoms. The SMILES string of the molecule is CCNC(C)CC(C)Oc1ccc(CC)cc1OC. The molecular weight excluding hydrogens is 238 g/mol. The van der Waals surface area contributed by atoms with Crippen LogP contribution in [0.1, 0.15) is 39.7 Å². The standard InChI is InChI=1S/C16H27NO2/c1-6-14-8-9-15(16(11-14)18-5)19-13(4)10-12(3)17-7-2/h8-9,11-13,17H,6-7,10H2,1-5H3. The van der Waals surface area contributed by atoms with Crippen LogP contribution in [0.5, 0.6) is 11.5 Å². The van der Waals surface area contributed by atoms with E-state index >= 15 is 0 Å². The van der Waals surface area contributed by atoms with E-state index in [0.717, 1.165) is 30.9 Å². The second kappa shape index (κ2) is 8.05. The number of benzene rings is 1. The predicted octanol–water partition coefficient (Wildman–Crippen LogP) is 3.41. The summed E-state index contributed by atoms with van der Waals surface area (Å²) in [6, 6.07) is 6.61. The van der Waals surface area contributed by atoms with E-state index in [2.05, 4.69) is 45.1 Å². The van der Waals surface area contributed by atoms with Crippen molar-refractivity contribution in [3.05, 3.63) is 23.8 Å². The predicted molar refractivity (Wildman–Crippen MR) is 80.2 cm³/mol. The average molecular weight is 265 g/mol. The molecule has 0 amide bonds. The van der Waals surface area contributed by atoms with Gasteiger partial charge in [0.05, 0.1) is 13.2 Å². The lowest BCUT2D eigenvalue weighted by Gasteiger charge is -2.21. The zero-order valence-electron chi connectivity index (χ0n) is 12.8. The Morgan fingerprint density at radius 3 is 2.47 bits per heavy atom. The van der Waals surface area contributed by atoms with Crippen molar-refractivity contribution >= 4 is 0 Å². The van der Waals surface area contributed by atoms with Crippen LogP contribution in [-0.2, 0) is 6.42 Å². The third-order valence-electron chi connectivity index (χ3n) is 3.20. The minimum atomic E-state index is 0.162. The molecule has 0 aliphatic heterocycles. The minimum absolute atomic E-state index is 0.162. The molecule has 0 aliphatic rings. The average Bonchev–Trinajstić information content (AvgIpc) is 2.39. The van der Waals surface area contributed by atoms with E-state index in [9.17, 15) is 0 Å². The van der Waals surface area contributed by atoms with Gasteiger partial charge in [0, 0.05) is 6.04 Å². The molecule has 0 saturated carbocycles. The zero-order chi connectivity index (χ0) is 14.3. The van der Waals surface area contributed by atoms with E-state index in [1.165, 1.54) is 5.56 Å². The number of methoxy groups -OCH3 is 1. The first-order valence-corrected chi connectivity index (χ1v) is 7.17. The van der Waals surface area contributed by atoms with Crippen molar-refractivity contribution in [2.45, 2.75) is 52.7 Å². The molecule has 1 aromatic carbocycles. The Hall–Kier alpha value is -1.22. The van der Waals surface area contributed by atoms with Crippen LogP contribution in [0.15, 0.2) is 18.2 Å². The van der Waals surface area contributed by atoms with E-state index in [0.29, 0.717) is 6.04 Å². The van der Waals surface area contributed by atoms with Gasteiger partial charge in [-0.25, -0.2) is 0 Å². The third kappa shape index (κ3) is 5.11. The summed E-state index contributed by atoms with van der Waals surface area (Å²) in [5, 5.41) is 3.40. The smallest absolute Gasteiger partial charge is 0.161 e. The Labute approximate surface area is 117 Å². The molecule has 0 aliphatic carbocycles. The first-order chi connectivity index (χ1) is 9.10. The van der Waals surface area contributed by atoms with Gasteiger partial charge in [-0.05, 0) is 50.9 Å². The van der Waals surface area contributed by atoms with E-state index in [4.69, 9.17) is 9.47 Å². The van der Waals surface area contributed by atoms with Crippen molar-refractivity contribution < 1.29 is 9.47 Å². The monoisotopic (exact) mass is 265 g/mol. The number of nitrogens with one attached hydrogen (secondary N) is 1. The Balaban J connectivity index is 2.65. The molecule has 1 rings (SSSR count). The number of aryl methyl sites for hydroxylation is 1. The van der Waals surface area contributed by atoms with Gasteiger partial charge in [-0.3, -0.25) is 0 Å². The molecular formula is C16H27NO2. The summed E-state index contributed by atoms with van der Waals surface area (Å²) in [5.41, 5.74) is 1.26. The van der Waals surface area contributed by atoms with Crippen LogP contribution >= 0.6 is 0 Å². The molecule has 0 heterocycles. The summed E-state index contributed by atoms with van der Waals surface area (Å²) >= 11 is 0. The van der Waals surface area contributed by atoms with Crippen LogP contribution in [0.3, 0.4) is 0 Å². The van der Waals surface area contributed by atoms with Crippen molar-refractivity contribution in [2.24, 2.45) is 0 Å². The Kier molecular flexibility index (Phi) is 6.71. The number of rotatable bonds is 8. The van der Waals surface area contributed by atoms with Crippen LogP contribution < -0.4 is 14.8 Å². The third-order valence-corrected chi connectivity index (χ3v) is 3.20. The molecule has 0 saturated heterocycles. The quantitative estimate of drug-likeness (QED) is 0.781. The van der Waals surface area contributed by atoms with Crippen LogP contribution in [0, 0.1) is 0 Å². The zero-order valence-corrected chi connectivity index (χ0v) is 12.8. The number of ether oxygens (including phenoxy) is 2. The molecule has 0 bridgehead atoms. The van der Waals surface area contributed by atoms with Gasteiger partial charge < -0.3 is 14.8 Å². The molecule has 2 unspecified atom stereocenters. The van der Waals surface area contributed by atoms with Crippen molar-refractivity contribution in [3.8, 4) is 11.5 Å². The lowest BCUT2D eigenvalue weighted by Crippen LogP contribution is -2.30. The van der Waals surface area contributed by atoms with E-state index < -0.39 is 0 Å². The molecule has 108 valence electrons. The first kappa shape index (κ1) is 15.8. The Morgan fingerprint density at radius 1 is 1.16 bits per heavy atom. The highest BCUT2D eigenvalue weighted by Gasteiger charge is 2.12. The minimum Gasteiger partial charge on any atom is -0.493 e. The maximum atomic E-state index is 5.99. The molecule has 3 nitrogen and oxygen atoms in total. The van der Waals surface area contributed by atoms with Crippen LogP contribution in [-0.4, -0.2) is 25.8 Å². The Morgan fingerprint density at radius 2 is 1.89 bits per heavy atom. The normalized spacial score (nSPS) is 13.9. The molecule has 2 atom stereocenters. The largest absolute Gasteiger partial charge is 0.493 e. The van der Waals surface area contributed by atoms with Gasteiger partial charge in [0.25, 0.3) is 0 Å². The molecule has 0 radical (unpaired) electrons. The topological polar surface area (TPSA) is 30.5 Å². The summed E-state index contributed by atoms with van der Waals surface area (Å²) in [6.45, 7) is 9.52. The molecule has 0 fully saturated rings. The molecule has 1 N–H and O–H groups in total. The van der Waals surface area contributed by atoms with E-state index in [-0.39, 0.29) is 6.10 Å². The van der Waals surface area contributed by atoms with Crippen molar-refractivity contribution in [2.75, 3.05) is 13.7 Å². The van der Waals surface area contributed by atoms with Crippen LogP contribution in [0.25, 0.3) is 0 Å². The maximum absolute atomic E-state index is 5.99. The van der Waals surface area contributed by atoms with Gasteiger partial charge in [0.1, 0.15) is 0 Å². The van der Waals surface area contributed by atoms with E-state index in [1.807, 2.05) is 6.07 Å². The maximum Gasteiger partial charge on any atom is 0.161 e. The molecule has 1 aromatic rings. The van der Waals surface area contributed by atoms with Crippen LogP contribution in [0.2, 0.25) is 0 Å². The van der Waals surface area contributed by atoms with Gasteiger partial charge in [-0.15, -0.1) is 0 Å². The van der Waals surface area contributed by atoms with Crippen molar-refractivity contribution in [3.63, 3.8) is 0 Å². The fourth-order valence-electron chi connectivity index (χ4n) is 2.22. The highest BCUT2D eigenvalue weighted by atomic mass is 16.5.